The van der Waals surface area contributed by atoms with Crippen molar-refractivity contribution in [2.45, 2.75) is 19.9 Å². The summed E-state index contributed by atoms with van der Waals surface area (Å²) in [5.74, 6) is 0.396. The number of imidazole rings is 1. The van der Waals surface area contributed by atoms with Crippen molar-refractivity contribution in [1.82, 2.24) is 24.9 Å². The van der Waals surface area contributed by atoms with Crippen LogP contribution in [0.1, 0.15) is 23.5 Å². The minimum Gasteiger partial charge on any atom is -0.362 e. The molecule has 8 heteroatoms. The van der Waals surface area contributed by atoms with E-state index >= 15 is 0 Å². The number of hydrogen-bond acceptors (Lipinski definition) is 6. The summed E-state index contributed by atoms with van der Waals surface area (Å²) in [4.78, 5) is 20.5. The first-order valence-electron chi connectivity index (χ1n) is 9.17. The number of rotatable bonds is 4. The molecular formula is C21H17FN6S. The van der Waals surface area contributed by atoms with Gasteiger partial charge >= 0.3 is 0 Å². The van der Waals surface area contributed by atoms with E-state index in [4.69, 9.17) is 4.98 Å². The van der Waals surface area contributed by atoms with Gasteiger partial charge in [0.05, 0.1) is 27.6 Å². The van der Waals surface area contributed by atoms with Gasteiger partial charge in [-0.1, -0.05) is 18.2 Å². The first kappa shape index (κ1) is 17.7. The summed E-state index contributed by atoms with van der Waals surface area (Å²) in [6.07, 6.45) is 3.08. The average Bonchev–Trinajstić information content (AvgIpc) is 3.33. The van der Waals surface area contributed by atoms with Crippen LogP contribution in [0.4, 0.5) is 10.2 Å². The van der Waals surface area contributed by atoms with Gasteiger partial charge in [-0.25, -0.2) is 24.3 Å². The molecule has 0 radical (unpaired) electrons. The molecule has 2 aromatic carbocycles. The number of halogens is 1. The predicted octanol–water partition coefficient (Wildman–Crippen LogP) is 5.25. The minimum absolute atomic E-state index is 0.110. The van der Waals surface area contributed by atoms with E-state index in [2.05, 4.69) is 37.4 Å². The van der Waals surface area contributed by atoms with E-state index in [0.717, 1.165) is 37.4 Å². The number of nitrogens with zero attached hydrogens (tertiary/aromatic N) is 4. The standard InChI is InChI=1S/C21H17FN6S/c1-11(27-21-19-20(24-9-23-19)25-10-26-21)15-6-7-16-18(28-12(2)29-16)17(15)13-4-3-5-14(22)8-13/h3-11H,1-2H3,(H2,23,24,25,26,27). The highest BCUT2D eigenvalue weighted by molar-refractivity contribution is 7.18. The van der Waals surface area contributed by atoms with Crippen molar-refractivity contribution in [3.8, 4) is 11.1 Å². The SMILES string of the molecule is Cc1nc2c(-c3cccc(F)c3)c(C(C)Nc3ncnc4nc[nH]c34)ccc2s1. The Hall–Kier alpha value is -3.39. The highest BCUT2D eigenvalue weighted by atomic mass is 32.1. The second kappa shape index (κ2) is 6.89. The molecule has 0 saturated carbocycles. The third kappa shape index (κ3) is 3.11. The number of nitrogens with one attached hydrogen (secondary N) is 2. The number of aryl methyl sites for hydroxylation is 1. The fraction of sp³-hybridized carbons (Fsp3) is 0.143. The van der Waals surface area contributed by atoms with Crippen LogP contribution in [-0.2, 0) is 0 Å². The number of benzene rings is 2. The summed E-state index contributed by atoms with van der Waals surface area (Å²) in [6, 6.07) is 10.7. The van der Waals surface area contributed by atoms with Crippen LogP contribution in [0.2, 0.25) is 0 Å². The maximum Gasteiger partial charge on any atom is 0.182 e. The number of aromatic amines is 1. The smallest absolute Gasteiger partial charge is 0.182 e. The number of fused-ring (bicyclic) bond motifs is 2. The van der Waals surface area contributed by atoms with Crippen molar-refractivity contribution < 1.29 is 4.39 Å². The lowest BCUT2D eigenvalue weighted by Gasteiger charge is -2.19. The molecular weight excluding hydrogens is 387 g/mol. The topological polar surface area (TPSA) is 79.4 Å². The second-order valence-corrected chi connectivity index (χ2v) is 8.04. The highest BCUT2D eigenvalue weighted by Gasteiger charge is 2.19. The third-order valence-electron chi connectivity index (χ3n) is 4.86. The van der Waals surface area contributed by atoms with E-state index in [0.29, 0.717) is 11.5 Å². The molecule has 1 atom stereocenters. The van der Waals surface area contributed by atoms with E-state index in [1.165, 1.54) is 12.4 Å². The molecule has 0 saturated heterocycles. The largest absolute Gasteiger partial charge is 0.362 e. The van der Waals surface area contributed by atoms with Crippen LogP contribution < -0.4 is 5.32 Å². The Kier molecular flexibility index (Phi) is 4.21. The molecule has 5 rings (SSSR count). The van der Waals surface area contributed by atoms with Crippen molar-refractivity contribution >= 4 is 38.5 Å². The molecule has 0 bridgehead atoms. The molecule has 1 unspecified atom stereocenters. The van der Waals surface area contributed by atoms with Crippen LogP contribution in [0.15, 0.2) is 49.1 Å². The van der Waals surface area contributed by atoms with Crippen LogP contribution in [0.3, 0.4) is 0 Å². The zero-order valence-corrected chi connectivity index (χ0v) is 16.6. The first-order valence-corrected chi connectivity index (χ1v) is 9.98. The third-order valence-corrected chi connectivity index (χ3v) is 5.79. The number of H-pyrrole nitrogens is 1. The van der Waals surface area contributed by atoms with Gasteiger partial charge in [0.1, 0.15) is 17.7 Å². The Balaban J connectivity index is 1.66. The number of anilines is 1. The monoisotopic (exact) mass is 404 g/mol. The van der Waals surface area contributed by atoms with E-state index in [1.807, 2.05) is 19.9 Å². The molecule has 144 valence electrons. The van der Waals surface area contributed by atoms with E-state index in [-0.39, 0.29) is 11.9 Å². The molecule has 5 aromatic rings. The van der Waals surface area contributed by atoms with E-state index in [1.54, 1.807) is 29.8 Å². The Morgan fingerprint density at radius 1 is 1.14 bits per heavy atom. The van der Waals surface area contributed by atoms with Crippen molar-refractivity contribution in [1.29, 1.82) is 0 Å². The lowest BCUT2D eigenvalue weighted by molar-refractivity contribution is 0.628. The fourth-order valence-electron chi connectivity index (χ4n) is 3.59. The van der Waals surface area contributed by atoms with Crippen LogP contribution >= 0.6 is 11.3 Å². The van der Waals surface area contributed by atoms with Gasteiger partial charge in [0.25, 0.3) is 0 Å². The molecule has 0 aliphatic rings. The maximum atomic E-state index is 14.0. The molecule has 3 heterocycles. The Bertz CT molecular complexity index is 1340. The van der Waals surface area contributed by atoms with Crippen LogP contribution in [0.5, 0.6) is 0 Å². The lowest BCUT2D eigenvalue weighted by atomic mass is 9.94. The lowest BCUT2D eigenvalue weighted by Crippen LogP contribution is -2.10. The molecule has 3 aromatic heterocycles. The quantitative estimate of drug-likeness (QED) is 0.428. The molecule has 0 aliphatic carbocycles. The van der Waals surface area contributed by atoms with Gasteiger partial charge in [-0.2, -0.15) is 0 Å². The van der Waals surface area contributed by atoms with Crippen LogP contribution in [-0.4, -0.2) is 24.9 Å². The van der Waals surface area contributed by atoms with Crippen molar-refractivity contribution in [3.63, 3.8) is 0 Å². The molecule has 0 fully saturated rings. The van der Waals surface area contributed by atoms with E-state index in [9.17, 15) is 4.39 Å². The summed E-state index contributed by atoms with van der Waals surface area (Å²) in [7, 11) is 0. The number of aromatic nitrogens is 5. The molecule has 2 N–H and O–H groups in total. The van der Waals surface area contributed by atoms with Crippen LogP contribution in [0.25, 0.3) is 32.5 Å². The van der Waals surface area contributed by atoms with Gasteiger partial charge in [0.2, 0.25) is 0 Å². The van der Waals surface area contributed by atoms with Gasteiger partial charge in [-0.15, -0.1) is 11.3 Å². The fourth-order valence-corrected chi connectivity index (χ4v) is 4.42. The molecule has 0 aliphatic heterocycles. The zero-order valence-electron chi connectivity index (χ0n) is 15.8. The Morgan fingerprint density at radius 3 is 2.90 bits per heavy atom. The van der Waals surface area contributed by atoms with Crippen molar-refractivity contribution in [2.75, 3.05) is 5.32 Å². The van der Waals surface area contributed by atoms with Gasteiger partial charge in [0, 0.05) is 5.56 Å². The number of hydrogen-bond donors (Lipinski definition) is 2. The average molecular weight is 404 g/mol. The first-order chi connectivity index (χ1) is 14.1. The maximum absolute atomic E-state index is 14.0. The summed E-state index contributed by atoms with van der Waals surface area (Å²) in [5.41, 5.74) is 4.99. The summed E-state index contributed by atoms with van der Waals surface area (Å²) >= 11 is 1.63. The summed E-state index contributed by atoms with van der Waals surface area (Å²) < 4.78 is 15.1. The van der Waals surface area contributed by atoms with Gasteiger partial charge in [-0.3, -0.25) is 0 Å². The van der Waals surface area contributed by atoms with Gasteiger partial charge < -0.3 is 10.3 Å². The summed E-state index contributed by atoms with van der Waals surface area (Å²) in [5, 5.41) is 4.42. The Labute approximate surface area is 169 Å². The summed E-state index contributed by atoms with van der Waals surface area (Å²) in [6.45, 7) is 4.03. The molecule has 6 nitrogen and oxygen atoms in total. The molecule has 0 spiro atoms. The highest BCUT2D eigenvalue weighted by Crippen LogP contribution is 2.38. The minimum atomic E-state index is -0.270. The van der Waals surface area contributed by atoms with Gasteiger partial charge in [0.15, 0.2) is 11.5 Å². The predicted molar refractivity (Wildman–Crippen MR) is 113 cm³/mol. The molecule has 29 heavy (non-hydrogen) atoms. The zero-order chi connectivity index (χ0) is 20.0. The van der Waals surface area contributed by atoms with Crippen molar-refractivity contribution in [3.05, 3.63) is 65.4 Å². The molecule has 0 amide bonds. The Morgan fingerprint density at radius 2 is 2.03 bits per heavy atom. The second-order valence-electron chi connectivity index (χ2n) is 6.81. The number of thiazole rings is 1. The van der Waals surface area contributed by atoms with E-state index < -0.39 is 0 Å². The normalized spacial score (nSPS) is 12.5. The van der Waals surface area contributed by atoms with Gasteiger partial charge in [-0.05, 0) is 43.2 Å². The van der Waals surface area contributed by atoms with Crippen LogP contribution in [0, 0.1) is 12.7 Å². The van der Waals surface area contributed by atoms with Crippen molar-refractivity contribution in [2.24, 2.45) is 0 Å².